The standard InChI is InChI=1S/C25H19BrF3NO4/c1-30(13-15-7-3-2-4-8-15)14-17-19(31)12-11-16-21(32)23(24(25(27,28)29)34-22(16)17)33-20-10-6-5-9-18(20)26/h2-12,31H,13-14H2,1H3. The Balaban J connectivity index is 1.83. The molecule has 0 unspecified atom stereocenters. The van der Waals surface area contributed by atoms with Crippen LogP contribution >= 0.6 is 15.9 Å². The van der Waals surface area contributed by atoms with E-state index in [9.17, 15) is 23.1 Å². The Hall–Kier alpha value is -3.30. The van der Waals surface area contributed by atoms with Gasteiger partial charge in [-0.1, -0.05) is 42.5 Å². The van der Waals surface area contributed by atoms with Crippen molar-refractivity contribution in [1.29, 1.82) is 0 Å². The molecule has 0 bridgehead atoms. The molecular weight excluding hydrogens is 515 g/mol. The van der Waals surface area contributed by atoms with Crippen molar-refractivity contribution >= 4 is 26.9 Å². The molecule has 1 heterocycles. The van der Waals surface area contributed by atoms with Crippen molar-refractivity contribution in [2.24, 2.45) is 0 Å². The molecule has 0 spiro atoms. The van der Waals surface area contributed by atoms with Gasteiger partial charge in [-0.25, -0.2) is 0 Å². The van der Waals surface area contributed by atoms with Gasteiger partial charge in [0, 0.05) is 13.1 Å². The van der Waals surface area contributed by atoms with Crippen LogP contribution in [-0.4, -0.2) is 17.1 Å². The van der Waals surface area contributed by atoms with Gasteiger partial charge in [0.05, 0.1) is 15.4 Å². The Kier molecular flexibility index (Phi) is 6.67. The first-order valence-electron chi connectivity index (χ1n) is 10.2. The molecule has 0 saturated heterocycles. The van der Waals surface area contributed by atoms with E-state index in [-0.39, 0.29) is 34.6 Å². The second-order valence-corrected chi connectivity index (χ2v) is 8.57. The summed E-state index contributed by atoms with van der Waals surface area (Å²) in [5, 5.41) is 10.3. The number of hydrogen-bond donors (Lipinski definition) is 1. The van der Waals surface area contributed by atoms with Crippen LogP contribution in [-0.2, 0) is 19.3 Å². The van der Waals surface area contributed by atoms with Crippen LogP contribution in [0.3, 0.4) is 0 Å². The van der Waals surface area contributed by atoms with E-state index >= 15 is 0 Å². The number of aromatic hydroxyl groups is 1. The van der Waals surface area contributed by atoms with Crippen LogP contribution in [0.25, 0.3) is 11.0 Å². The highest BCUT2D eigenvalue weighted by Crippen LogP contribution is 2.41. The van der Waals surface area contributed by atoms with Gasteiger partial charge in [-0.05, 0) is 52.8 Å². The Labute approximate surface area is 201 Å². The Morgan fingerprint density at radius 3 is 2.35 bits per heavy atom. The quantitative estimate of drug-likeness (QED) is 0.298. The van der Waals surface area contributed by atoms with Crippen molar-refractivity contribution in [3.8, 4) is 17.2 Å². The number of phenols is 1. The summed E-state index contributed by atoms with van der Waals surface area (Å²) >= 11 is 3.20. The SMILES string of the molecule is CN(Cc1ccccc1)Cc1c(O)ccc2c(=O)c(Oc3ccccc3Br)c(C(F)(F)F)oc12. The molecule has 0 aliphatic rings. The average molecular weight is 534 g/mol. The van der Waals surface area contributed by atoms with E-state index in [2.05, 4.69) is 15.9 Å². The molecule has 34 heavy (non-hydrogen) atoms. The van der Waals surface area contributed by atoms with Crippen molar-refractivity contribution in [2.75, 3.05) is 7.05 Å². The summed E-state index contributed by atoms with van der Waals surface area (Å²) in [6.07, 6.45) is -5.01. The highest BCUT2D eigenvalue weighted by atomic mass is 79.9. The maximum Gasteiger partial charge on any atom is 0.453 e. The van der Waals surface area contributed by atoms with E-state index in [0.717, 1.165) is 5.56 Å². The lowest BCUT2D eigenvalue weighted by Crippen LogP contribution is -2.19. The van der Waals surface area contributed by atoms with Gasteiger partial charge in [-0.3, -0.25) is 9.69 Å². The minimum atomic E-state index is -5.01. The number of fused-ring (bicyclic) bond motifs is 1. The molecule has 0 saturated carbocycles. The monoisotopic (exact) mass is 533 g/mol. The predicted octanol–water partition coefficient (Wildman–Crippen LogP) is 6.70. The topological polar surface area (TPSA) is 62.9 Å². The third-order valence-electron chi connectivity index (χ3n) is 5.13. The first kappa shape index (κ1) is 23.8. The first-order valence-corrected chi connectivity index (χ1v) is 11.0. The molecule has 5 nitrogen and oxygen atoms in total. The zero-order valence-electron chi connectivity index (χ0n) is 17.9. The molecule has 3 aromatic carbocycles. The lowest BCUT2D eigenvalue weighted by molar-refractivity contribution is -0.154. The van der Waals surface area contributed by atoms with Crippen LogP contribution in [0.15, 0.2) is 80.4 Å². The second-order valence-electron chi connectivity index (χ2n) is 7.72. The van der Waals surface area contributed by atoms with Crippen molar-refractivity contribution in [3.63, 3.8) is 0 Å². The molecule has 9 heteroatoms. The number of halogens is 4. The number of ether oxygens (including phenoxy) is 1. The van der Waals surface area contributed by atoms with E-state index in [4.69, 9.17) is 9.15 Å². The van der Waals surface area contributed by atoms with E-state index in [1.807, 2.05) is 30.3 Å². The molecule has 0 radical (unpaired) electrons. The van der Waals surface area contributed by atoms with E-state index in [1.54, 1.807) is 30.1 Å². The summed E-state index contributed by atoms with van der Waals surface area (Å²) < 4.78 is 52.9. The summed E-state index contributed by atoms with van der Waals surface area (Å²) in [6.45, 7) is 0.513. The van der Waals surface area contributed by atoms with Gasteiger partial charge in [0.25, 0.3) is 5.76 Å². The van der Waals surface area contributed by atoms with Gasteiger partial charge in [0.1, 0.15) is 17.1 Å². The molecule has 4 aromatic rings. The van der Waals surface area contributed by atoms with Gasteiger partial charge in [0.15, 0.2) is 0 Å². The van der Waals surface area contributed by atoms with Crippen LogP contribution in [0.5, 0.6) is 17.2 Å². The van der Waals surface area contributed by atoms with Crippen LogP contribution in [0.2, 0.25) is 0 Å². The molecule has 1 aromatic heterocycles. The molecule has 176 valence electrons. The Morgan fingerprint density at radius 2 is 1.68 bits per heavy atom. The Bertz CT molecular complexity index is 1390. The van der Waals surface area contributed by atoms with Crippen LogP contribution in [0, 0.1) is 0 Å². The molecule has 0 amide bonds. The normalized spacial score (nSPS) is 11.8. The molecule has 4 rings (SSSR count). The lowest BCUT2D eigenvalue weighted by atomic mass is 10.1. The third kappa shape index (κ3) is 4.95. The van der Waals surface area contributed by atoms with Crippen LogP contribution in [0.1, 0.15) is 16.9 Å². The smallest absolute Gasteiger partial charge is 0.453 e. The fourth-order valence-corrected chi connectivity index (χ4v) is 3.94. The molecule has 0 aliphatic heterocycles. The number of nitrogens with zero attached hydrogens (tertiary/aromatic N) is 1. The number of phenolic OH excluding ortho intramolecular Hbond substituents is 1. The van der Waals surface area contributed by atoms with Gasteiger partial charge in [-0.2, -0.15) is 13.2 Å². The fourth-order valence-electron chi connectivity index (χ4n) is 3.58. The van der Waals surface area contributed by atoms with Gasteiger partial charge in [0.2, 0.25) is 11.2 Å². The largest absolute Gasteiger partial charge is 0.507 e. The molecule has 0 aliphatic carbocycles. The first-order chi connectivity index (χ1) is 16.1. The molecular formula is C25H19BrF3NO4. The highest BCUT2D eigenvalue weighted by molar-refractivity contribution is 9.10. The molecule has 1 N–H and O–H groups in total. The van der Waals surface area contributed by atoms with E-state index in [0.29, 0.717) is 11.0 Å². The van der Waals surface area contributed by atoms with E-state index in [1.165, 1.54) is 18.2 Å². The van der Waals surface area contributed by atoms with Gasteiger partial charge < -0.3 is 14.3 Å². The number of para-hydroxylation sites is 1. The molecule has 0 atom stereocenters. The Morgan fingerprint density at radius 1 is 1.00 bits per heavy atom. The van der Waals surface area contributed by atoms with Crippen molar-refractivity contribution in [2.45, 2.75) is 19.3 Å². The molecule has 0 fully saturated rings. The van der Waals surface area contributed by atoms with Crippen molar-refractivity contribution < 1.29 is 27.4 Å². The zero-order valence-corrected chi connectivity index (χ0v) is 19.5. The van der Waals surface area contributed by atoms with Gasteiger partial charge >= 0.3 is 6.18 Å². The van der Waals surface area contributed by atoms with Gasteiger partial charge in [-0.15, -0.1) is 0 Å². The maximum absolute atomic E-state index is 13.9. The highest BCUT2D eigenvalue weighted by Gasteiger charge is 2.41. The lowest BCUT2D eigenvalue weighted by Gasteiger charge is -2.19. The average Bonchev–Trinajstić information content (AvgIpc) is 2.78. The number of rotatable bonds is 6. The zero-order chi connectivity index (χ0) is 24.5. The summed E-state index contributed by atoms with van der Waals surface area (Å²) in [5.74, 6) is -2.79. The summed E-state index contributed by atoms with van der Waals surface area (Å²) in [5.41, 5.74) is -0.273. The predicted molar refractivity (Wildman–Crippen MR) is 125 cm³/mol. The van der Waals surface area contributed by atoms with Crippen molar-refractivity contribution in [3.05, 3.63) is 98.3 Å². The summed E-state index contributed by atoms with van der Waals surface area (Å²) in [7, 11) is 1.75. The third-order valence-corrected chi connectivity index (χ3v) is 5.78. The van der Waals surface area contributed by atoms with Crippen LogP contribution in [0.4, 0.5) is 13.2 Å². The van der Waals surface area contributed by atoms with E-state index < -0.39 is 23.1 Å². The maximum atomic E-state index is 13.9. The number of alkyl halides is 3. The fraction of sp³-hybridized carbons (Fsp3) is 0.160. The van der Waals surface area contributed by atoms with Crippen LogP contribution < -0.4 is 10.2 Å². The minimum Gasteiger partial charge on any atom is -0.507 e. The number of benzene rings is 3. The summed E-state index contributed by atoms with van der Waals surface area (Å²) in [4.78, 5) is 15.0. The minimum absolute atomic E-state index is 0.0289. The summed E-state index contributed by atoms with van der Waals surface area (Å²) in [6, 6.07) is 18.2. The van der Waals surface area contributed by atoms with Crippen molar-refractivity contribution in [1.82, 2.24) is 4.90 Å². The number of hydrogen-bond acceptors (Lipinski definition) is 5. The second kappa shape index (κ2) is 9.52.